The Kier molecular flexibility index (Phi) is 4.25. The van der Waals surface area contributed by atoms with Crippen LogP contribution in [0.3, 0.4) is 0 Å². The monoisotopic (exact) mass is 261 g/mol. The zero-order chi connectivity index (χ0) is 13.9. The van der Waals surface area contributed by atoms with E-state index in [1.165, 1.54) is 11.1 Å². The van der Waals surface area contributed by atoms with E-state index >= 15 is 0 Å². The Morgan fingerprint density at radius 3 is 2.89 bits per heavy atom. The summed E-state index contributed by atoms with van der Waals surface area (Å²) in [5.74, 6) is 0.0631. The molecule has 3 heteroatoms. The van der Waals surface area contributed by atoms with Crippen LogP contribution in [0.25, 0.3) is 0 Å². The van der Waals surface area contributed by atoms with Crippen LogP contribution in [0.4, 0.5) is 0 Å². The number of nitrogens with one attached hydrogen (secondary N) is 1. The number of aliphatic hydroxyl groups is 1. The van der Waals surface area contributed by atoms with Gasteiger partial charge in [0.05, 0.1) is 5.92 Å². The minimum Gasteiger partial charge on any atom is -0.396 e. The van der Waals surface area contributed by atoms with E-state index in [0.717, 1.165) is 19.3 Å². The van der Waals surface area contributed by atoms with Crippen molar-refractivity contribution in [2.24, 2.45) is 5.41 Å². The van der Waals surface area contributed by atoms with Crippen LogP contribution in [0.5, 0.6) is 0 Å². The molecule has 0 aromatic heterocycles. The molecule has 2 rings (SSSR count). The van der Waals surface area contributed by atoms with Crippen LogP contribution < -0.4 is 5.32 Å². The number of fused-ring (bicyclic) bond motifs is 1. The molecule has 1 aliphatic carbocycles. The number of carbonyl (C=O) groups excluding carboxylic acids is 1. The van der Waals surface area contributed by atoms with Gasteiger partial charge in [0.15, 0.2) is 0 Å². The molecule has 1 amide bonds. The summed E-state index contributed by atoms with van der Waals surface area (Å²) in [6, 6.07) is 8.22. The number of aliphatic hydroxyl groups excluding tert-OH is 1. The van der Waals surface area contributed by atoms with E-state index < -0.39 is 0 Å². The molecule has 19 heavy (non-hydrogen) atoms. The van der Waals surface area contributed by atoms with Crippen molar-refractivity contribution in [3.8, 4) is 0 Å². The maximum atomic E-state index is 12.3. The van der Waals surface area contributed by atoms with Gasteiger partial charge in [-0.1, -0.05) is 38.1 Å². The molecule has 0 saturated carbocycles. The molecule has 0 bridgehead atoms. The van der Waals surface area contributed by atoms with Crippen LogP contribution in [0.1, 0.15) is 43.7 Å². The molecule has 1 aromatic carbocycles. The van der Waals surface area contributed by atoms with Gasteiger partial charge < -0.3 is 10.4 Å². The van der Waals surface area contributed by atoms with Crippen LogP contribution in [0.15, 0.2) is 24.3 Å². The van der Waals surface area contributed by atoms with Gasteiger partial charge in [0, 0.05) is 18.6 Å². The lowest BCUT2D eigenvalue weighted by Crippen LogP contribution is -2.39. The molecule has 1 unspecified atom stereocenters. The third kappa shape index (κ3) is 3.35. The summed E-state index contributed by atoms with van der Waals surface area (Å²) in [5.41, 5.74) is 2.22. The molecule has 0 spiro atoms. The number of hydrogen-bond acceptors (Lipinski definition) is 2. The van der Waals surface area contributed by atoms with Gasteiger partial charge in [-0.2, -0.15) is 0 Å². The minimum absolute atomic E-state index is 0.0283. The minimum atomic E-state index is -0.260. The second kappa shape index (κ2) is 5.74. The summed E-state index contributed by atoms with van der Waals surface area (Å²) in [6.07, 6.45) is 3.06. The smallest absolute Gasteiger partial charge is 0.227 e. The first-order chi connectivity index (χ1) is 9.03. The Labute approximate surface area is 115 Å². The Balaban J connectivity index is 2.05. The second-order valence-electron chi connectivity index (χ2n) is 6.18. The Bertz CT molecular complexity index is 454. The average molecular weight is 261 g/mol. The molecule has 104 valence electrons. The zero-order valence-electron chi connectivity index (χ0n) is 11.8. The lowest BCUT2D eigenvalue weighted by atomic mass is 9.82. The predicted octanol–water partition coefficient (Wildman–Crippen LogP) is 2.24. The van der Waals surface area contributed by atoms with Gasteiger partial charge in [-0.05, 0) is 30.4 Å². The van der Waals surface area contributed by atoms with Crippen LogP contribution in [0, 0.1) is 5.41 Å². The summed E-state index contributed by atoms with van der Waals surface area (Å²) >= 11 is 0. The maximum absolute atomic E-state index is 12.3. The molecular weight excluding hydrogens is 238 g/mol. The van der Waals surface area contributed by atoms with E-state index in [2.05, 4.69) is 17.4 Å². The van der Waals surface area contributed by atoms with Gasteiger partial charge in [-0.25, -0.2) is 0 Å². The molecule has 2 N–H and O–H groups in total. The lowest BCUT2D eigenvalue weighted by molar-refractivity contribution is -0.123. The Morgan fingerprint density at radius 1 is 1.42 bits per heavy atom. The number of aryl methyl sites for hydroxylation is 1. The highest BCUT2D eigenvalue weighted by molar-refractivity contribution is 5.84. The number of carbonyl (C=O) groups is 1. The van der Waals surface area contributed by atoms with Crippen molar-refractivity contribution >= 4 is 5.91 Å². The molecule has 0 radical (unpaired) electrons. The topological polar surface area (TPSA) is 49.3 Å². The normalized spacial score (nSPS) is 18.8. The van der Waals surface area contributed by atoms with Gasteiger partial charge in [-0.3, -0.25) is 4.79 Å². The van der Waals surface area contributed by atoms with Crippen molar-refractivity contribution in [2.45, 2.75) is 39.0 Å². The Morgan fingerprint density at radius 2 is 2.16 bits per heavy atom. The highest BCUT2D eigenvalue weighted by atomic mass is 16.3. The van der Waals surface area contributed by atoms with Crippen molar-refractivity contribution < 1.29 is 9.90 Å². The van der Waals surface area contributed by atoms with Gasteiger partial charge >= 0.3 is 0 Å². The van der Waals surface area contributed by atoms with E-state index in [0.29, 0.717) is 6.54 Å². The van der Waals surface area contributed by atoms with Crippen LogP contribution in [0.2, 0.25) is 0 Å². The fraction of sp³-hybridized carbons (Fsp3) is 0.562. The fourth-order valence-corrected chi connectivity index (χ4v) is 2.53. The number of benzene rings is 1. The third-order valence-corrected chi connectivity index (χ3v) is 3.86. The lowest BCUT2D eigenvalue weighted by Gasteiger charge is -2.27. The van der Waals surface area contributed by atoms with Crippen molar-refractivity contribution in [2.75, 3.05) is 13.2 Å². The predicted molar refractivity (Wildman–Crippen MR) is 76.0 cm³/mol. The van der Waals surface area contributed by atoms with Crippen LogP contribution in [-0.2, 0) is 11.2 Å². The highest BCUT2D eigenvalue weighted by Crippen LogP contribution is 2.31. The SMILES string of the molecule is CC(C)(CO)CNC(=O)C1CCCc2ccccc21. The van der Waals surface area contributed by atoms with Crippen molar-refractivity contribution in [3.05, 3.63) is 35.4 Å². The molecule has 1 atom stereocenters. The molecule has 3 nitrogen and oxygen atoms in total. The summed E-state index contributed by atoms with van der Waals surface area (Å²) in [7, 11) is 0. The number of rotatable bonds is 4. The fourth-order valence-electron chi connectivity index (χ4n) is 2.53. The summed E-state index contributed by atoms with van der Waals surface area (Å²) in [4.78, 5) is 12.3. The van der Waals surface area contributed by atoms with E-state index in [1.807, 2.05) is 26.0 Å². The summed E-state index contributed by atoms with van der Waals surface area (Å²) < 4.78 is 0. The molecular formula is C16H23NO2. The largest absolute Gasteiger partial charge is 0.396 e. The number of amides is 1. The van der Waals surface area contributed by atoms with Crippen LogP contribution in [-0.4, -0.2) is 24.2 Å². The maximum Gasteiger partial charge on any atom is 0.227 e. The van der Waals surface area contributed by atoms with Gasteiger partial charge in [0.1, 0.15) is 0 Å². The summed E-state index contributed by atoms with van der Waals surface area (Å²) in [6.45, 7) is 4.49. The van der Waals surface area contributed by atoms with E-state index in [4.69, 9.17) is 0 Å². The highest BCUT2D eigenvalue weighted by Gasteiger charge is 2.27. The first kappa shape index (κ1) is 14.1. The van der Waals surface area contributed by atoms with Crippen molar-refractivity contribution in [1.82, 2.24) is 5.32 Å². The average Bonchev–Trinajstić information content (AvgIpc) is 2.44. The molecule has 0 fully saturated rings. The van der Waals surface area contributed by atoms with Gasteiger partial charge in [0.2, 0.25) is 5.91 Å². The molecule has 0 heterocycles. The third-order valence-electron chi connectivity index (χ3n) is 3.86. The summed E-state index contributed by atoms with van der Waals surface area (Å²) in [5, 5.41) is 12.2. The molecule has 1 aromatic rings. The first-order valence-corrected chi connectivity index (χ1v) is 7.00. The second-order valence-corrected chi connectivity index (χ2v) is 6.18. The number of hydrogen-bond donors (Lipinski definition) is 2. The first-order valence-electron chi connectivity index (χ1n) is 7.00. The van der Waals surface area contributed by atoms with E-state index in [-0.39, 0.29) is 23.8 Å². The van der Waals surface area contributed by atoms with Crippen LogP contribution >= 0.6 is 0 Å². The van der Waals surface area contributed by atoms with Gasteiger partial charge in [0.25, 0.3) is 0 Å². The van der Waals surface area contributed by atoms with Crippen molar-refractivity contribution in [3.63, 3.8) is 0 Å². The zero-order valence-corrected chi connectivity index (χ0v) is 11.8. The quantitative estimate of drug-likeness (QED) is 0.873. The standard InChI is InChI=1S/C16H23NO2/c1-16(2,11-18)10-17-15(19)14-9-5-7-12-6-3-4-8-13(12)14/h3-4,6,8,14,18H,5,7,9-11H2,1-2H3,(H,17,19). The molecule has 1 aliphatic rings. The molecule has 0 saturated heterocycles. The van der Waals surface area contributed by atoms with Gasteiger partial charge in [-0.15, -0.1) is 0 Å². The molecule has 0 aliphatic heterocycles. The van der Waals surface area contributed by atoms with Crippen molar-refractivity contribution in [1.29, 1.82) is 0 Å². The Hall–Kier alpha value is -1.35. The van der Waals surface area contributed by atoms with E-state index in [1.54, 1.807) is 0 Å². The van der Waals surface area contributed by atoms with E-state index in [9.17, 15) is 9.90 Å².